The third-order valence-electron chi connectivity index (χ3n) is 4.62. The quantitative estimate of drug-likeness (QED) is 0.530. The van der Waals surface area contributed by atoms with Gasteiger partial charge in [0, 0.05) is 17.3 Å². The predicted molar refractivity (Wildman–Crippen MR) is 103 cm³/mol. The van der Waals surface area contributed by atoms with E-state index in [-0.39, 0.29) is 5.92 Å². The van der Waals surface area contributed by atoms with Crippen molar-refractivity contribution < 1.29 is 0 Å². The van der Waals surface area contributed by atoms with Gasteiger partial charge in [0.1, 0.15) is 0 Å². The molecule has 0 saturated heterocycles. The van der Waals surface area contributed by atoms with Crippen molar-refractivity contribution in [3.05, 3.63) is 94.0 Å². The zero-order valence-corrected chi connectivity index (χ0v) is 14.5. The van der Waals surface area contributed by atoms with Crippen LogP contribution in [-0.2, 0) is 0 Å². The van der Waals surface area contributed by atoms with E-state index in [0.29, 0.717) is 0 Å². The van der Waals surface area contributed by atoms with Crippen LogP contribution in [0.15, 0.2) is 60.7 Å². The van der Waals surface area contributed by atoms with Crippen LogP contribution >= 0.6 is 0 Å². The second-order valence-electron chi connectivity index (χ2n) is 6.58. The number of hydrogen-bond acceptors (Lipinski definition) is 2. The first-order valence-electron chi connectivity index (χ1n) is 8.24. The average Bonchev–Trinajstić information content (AvgIpc) is 2.53. The first-order chi connectivity index (χ1) is 11.5. The van der Waals surface area contributed by atoms with Crippen LogP contribution in [0, 0.1) is 20.8 Å². The maximum Gasteiger partial charge on any atom is 0.0345 e. The minimum Gasteiger partial charge on any atom is -0.399 e. The Hall–Kier alpha value is -2.74. The van der Waals surface area contributed by atoms with Crippen molar-refractivity contribution in [1.29, 1.82) is 0 Å². The molecule has 3 rings (SSSR count). The summed E-state index contributed by atoms with van der Waals surface area (Å²) in [5.74, 6) is 0.173. The fourth-order valence-corrected chi connectivity index (χ4v) is 3.33. The minimum atomic E-state index is 0.173. The molecule has 0 bridgehead atoms. The molecule has 2 nitrogen and oxygen atoms in total. The Labute approximate surface area is 144 Å². The second kappa shape index (κ2) is 6.40. The summed E-state index contributed by atoms with van der Waals surface area (Å²) in [7, 11) is 0. The van der Waals surface area contributed by atoms with E-state index in [0.717, 1.165) is 11.4 Å². The van der Waals surface area contributed by atoms with E-state index in [9.17, 15) is 0 Å². The normalized spacial score (nSPS) is 11.0. The zero-order valence-electron chi connectivity index (χ0n) is 14.5. The van der Waals surface area contributed by atoms with E-state index in [1.165, 1.54) is 33.4 Å². The molecule has 0 amide bonds. The van der Waals surface area contributed by atoms with Gasteiger partial charge < -0.3 is 11.5 Å². The van der Waals surface area contributed by atoms with Crippen molar-refractivity contribution in [3.63, 3.8) is 0 Å². The van der Waals surface area contributed by atoms with Crippen LogP contribution in [0.3, 0.4) is 0 Å². The van der Waals surface area contributed by atoms with Gasteiger partial charge in [0.25, 0.3) is 0 Å². The van der Waals surface area contributed by atoms with Crippen LogP contribution in [-0.4, -0.2) is 0 Å². The molecule has 0 aliphatic rings. The molecule has 0 aromatic heterocycles. The van der Waals surface area contributed by atoms with Gasteiger partial charge in [0.05, 0.1) is 0 Å². The third kappa shape index (κ3) is 3.13. The average molecular weight is 316 g/mol. The molecule has 4 N–H and O–H groups in total. The lowest BCUT2D eigenvalue weighted by molar-refractivity contribution is 0.949. The van der Waals surface area contributed by atoms with Gasteiger partial charge in [-0.1, -0.05) is 42.0 Å². The number of aryl methyl sites for hydroxylation is 3. The van der Waals surface area contributed by atoms with Gasteiger partial charge in [0.15, 0.2) is 0 Å². The number of nitrogen functional groups attached to an aromatic ring is 2. The summed E-state index contributed by atoms with van der Waals surface area (Å²) in [6.07, 6.45) is 0. The molecule has 0 saturated carbocycles. The lowest BCUT2D eigenvalue weighted by Crippen LogP contribution is -2.08. The summed E-state index contributed by atoms with van der Waals surface area (Å²) in [5, 5.41) is 0. The third-order valence-corrected chi connectivity index (χ3v) is 4.62. The Morgan fingerprint density at radius 1 is 0.625 bits per heavy atom. The molecule has 122 valence electrons. The molecule has 0 radical (unpaired) electrons. The molecule has 0 aliphatic heterocycles. The van der Waals surface area contributed by atoms with Crippen molar-refractivity contribution in [2.75, 3.05) is 11.5 Å². The van der Waals surface area contributed by atoms with Gasteiger partial charge in [-0.15, -0.1) is 0 Å². The highest BCUT2D eigenvalue weighted by Crippen LogP contribution is 2.36. The maximum absolute atomic E-state index is 5.96. The Morgan fingerprint density at radius 2 is 1.08 bits per heavy atom. The molecule has 0 aliphatic carbocycles. The lowest BCUT2D eigenvalue weighted by atomic mass is 9.81. The first-order valence-corrected chi connectivity index (χ1v) is 8.24. The van der Waals surface area contributed by atoms with E-state index >= 15 is 0 Å². The lowest BCUT2D eigenvalue weighted by Gasteiger charge is -2.23. The first kappa shape index (κ1) is 16.1. The Balaban J connectivity index is 2.22. The number of hydrogen-bond donors (Lipinski definition) is 2. The molecule has 0 unspecified atom stereocenters. The van der Waals surface area contributed by atoms with E-state index in [1.54, 1.807) is 0 Å². The number of anilines is 2. The van der Waals surface area contributed by atoms with Crippen molar-refractivity contribution in [2.24, 2.45) is 0 Å². The minimum absolute atomic E-state index is 0.173. The number of nitrogens with two attached hydrogens (primary N) is 2. The summed E-state index contributed by atoms with van der Waals surface area (Å²) in [5.41, 5.74) is 21.0. The molecular formula is C22H24N2. The number of benzene rings is 3. The summed E-state index contributed by atoms with van der Waals surface area (Å²) < 4.78 is 0. The zero-order chi connectivity index (χ0) is 17.3. The van der Waals surface area contributed by atoms with Crippen molar-refractivity contribution in [3.8, 4) is 0 Å². The smallest absolute Gasteiger partial charge is 0.0345 e. The van der Waals surface area contributed by atoms with Crippen LogP contribution in [0.2, 0.25) is 0 Å². The maximum atomic E-state index is 5.96. The summed E-state index contributed by atoms with van der Waals surface area (Å²) in [6, 6.07) is 21.1. The van der Waals surface area contributed by atoms with Crippen LogP contribution in [0.5, 0.6) is 0 Å². The summed E-state index contributed by atoms with van der Waals surface area (Å²) in [4.78, 5) is 0. The molecule has 0 heterocycles. The fraction of sp³-hybridized carbons (Fsp3) is 0.182. The Kier molecular flexibility index (Phi) is 4.30. The van der Waals surface area contributed by atoms with E-state index in [1.807, 2.05) is 24.3 Å². The van der Waals surface area contributed by atoms with Crippen LogP contribution in [0.1, 0.15) is 39.3 Å². The molecule has 0 atom stereocenters. The fourth-order valence-electron chi connectivity index (χ4n) is 3.33. The Morgan fingerprint density at radius 3 is 1.50 bits per heavy atom. The predicted octanol–water partition coefficient (Wildman–Crippen LogP) is 4.96. The number of rotatable bonds is 3. The molecule has 0 fully saturated rings. The van der Waals surface area contributed by atoms with E-state index < -0.39 is 0 Å². The van der Waals surface area contributed by atoms with Crippen LogP contribution in [0.25, 0.3) is 0 Å². The van der Waals surface area contributed by atoms with Crippen LogP contribution in [0.4, 0.5) is 11.4 Å². The summed E-state index contributed by atoms with van der Waals surface area (Å²) in [6.45, 7) is 6.36. The van der Waals surface area contributed by atoms with Gasteiger partial charge in [0.2, 0.25) is 0 Å². The summed E-state index contributed by atoms with van der Waals surface area (Å²) >= 11 is 0. The van der Waals surface area contributed by atoms with Gasteiger partial charge >= 0.3 is 0 Å². The molecule has 0 spiro atoms. The van der Waals surface area contributed by atoms with Crippen molar-refractivity contribution in [1.82, 2.24) is 0 Å². The van der Waals surface area contributed by atoms with Gasteiger partial charge in [-0.05, 0) is 72.9 Å². The highest BCUT2D eigenvalue weighted by molar-refractivity contribution is 5.55. The molecular weight excluding hydrogens is 292 g/mol. The highest BCUT2D eigenvalue weighted by Gasteiger charge is 2.20. The highest BCUT2D eigenvalue weighted by atomic mass is 14.5. The van der Waals surface area contributed by atoms with Crippen molar-refractivity contribution >= 4 is 11.4 Å². The Bertz CT molecular complexity index is 812. The SMILES string of the molecule is Cc1ccc(C(c2ccc(N)cc2C)c2ccc(N)cc2C)cc1. The topological polar surface area (TPSA) is 52.0 Å². The monoisotopic (exact) mass is 316 g/mol. The van der Waals surface area contributed by atoms with E-state index in [2.05, 4.69) is 57.2 Å². The van der Waals surface area contributed by atoms with Crippen molar-refractivity contribution in [2.45, 2.75) is 26.7 Å². The van der Waals surface area contributed by atoms with Gasteiger partial charge in [-0.3, -0.25) is 0 Å². The molecule has 3 aromatic rings. The largest absolute Gasteiger partial charge is 0.399 e. The van der Waals surface area contributed by atoms with Crippen LogP contribution < -0.4 is 11.5 Å². The van der Waals surface area contributed by atoms with Gasteiger partial charge in [-0.25, -0.2) is 0 Å². The van der Waals surface area contributed by atoms with Gasteiger partial charge in [-0.2, -0.15) is 0 Å². The molecule has 3 aromatic carbocycles. The second-order valence-corrected chi connectivity index (χ2v) is 6.58. The molecule has 2 heteroatoms. The molecule has 24 heavy (non-hydrogen) atoms. The van der Waals surface area contributed by atoms with E-state index in [4.69, 9.17) is 11.5 Å². The standard InChI is InChI=1S/C22H24N2/c1-14-4-6-17(7-5-14)22(20-10-8-18(23)12-15(20)2)21-11-9-19(24)13-16(21)3/h4-13,22H,23-24H2,1-3H3.